The van der Waals surface area contributed by atoms with Crippen molar-refractivity contribution in [1.82, 2.24) is 19.4 Å². The molecule has 0 radical (unpaired) electrons. The Morgan fingerprint density at radius 3 is 2.50 bits per heavy atom. The van der Waals surface area contributed by atoms with Crippen LogP contribution in [0, 0.1) is 0 Å². The summed E-state index contributed by atoms with van der Waals surface area (Å²) in [6, 6.07) is 18.1. The molecular weight excluding hydrogens is 370 g/mol. The first-order valence-corrected chi connectivity index (χ1v) is 9.58. The smallest absolute Gasteiger partial charge is 0.150 e. The molecular formula is C22H22ClN5. The lowest BCUT2D eigenvalue weighted by Crippen LogP contribution is -2.21. The van der Waals surface area contributed by atoms with E-state index in [1.165, 1.54) is 0 Å². The van der Waals surface area contributed by atoms with Gasteiger partial charge in [0.25, 0.3) is 0 Å². The summed E-state index contributed by atoms with van der Waals surface area (Å²) >= 11 is 6.49. The van der Waals surface area contributed by atoms with Crippen molar-refractivity contribution in [2.75, 3.05) is 32.5 Å². The van der Waals surface area contributed by atoms with Gasteiger partial charge >= 0.3 is 0 Å². The Hall–Kier alpha value is -2.89. The minimum Gasteiger partial charge on any atom is -0.368 e. The van der Waals surface area contributed by atoms with Crippen LogP contribution < -0.4 is 5.32 Å². The van der Waals surface area contributed by atoms with E-state index >= 15 is 0 Å². The average Bonchev–Trinajstić information content (AvgIpc) is 3.09. The molecule has 4 rings (SSSR count). The van der Waals surface area contributed by atoms with Gasteiger partial charge in [0.1, 0.15) is 12.1 Å². The first-order chi connectivity index (χ1) is 13.6. The molecule has 0 saturated heterocycles. The SMILES string of the molecule is CN(C)CCNc1ncnc2c1c(-c1ccccc1)cn2-c1ccccc1Cl. The normalized spacial score (nSPS) is 11.3. The molecule has 0 fully saturated rings. The molecule has 6 heteroatoms. The number of anilines is 1. The molecule has 142 valence electrons. The monoisotopic (exact) mass is 391 g/mol. The highest BCUT2D eigenvalue weighted by Gasteiger charge is 2.18. The van der Waals surface area contributed by atoms with Gasteiger partial charge in [-0.1, -0.05) is 54.1 Å². The number of halogens is 1. The molecule has 0 bridgehead atoms. The summed E-state index contributed by atoms with van der Waals surface area (Å²) in [6.45, 7) is 1.71. The number of nitrogens with zero attached hydrogens (tertiary/aromatic N) is 4. The number of benzene rings is 2. The van der Waals surface area contributed by atoms with Gasteiger partial charge in [-0.05, 0) is 31.8 Å². The van der Waals surface area contributed by atoms with Gasteiger partial charge in [-0.3, -0.25) is 4.57 Å². The van der Waals surface area contributed by atoms with Crippen LogP contribution >= 0.6 is 11.6 Å². The van der Waals surface area contributed by atoms with E-state index in [9.17, 15) is 0 Å². The molecule has 5 nitrogen and oxygen atoms in total. The lowest BCUT2D eigenvalue weighted by molar-refractivity contribution is 0.425. The Morgan fingerprint density at radius 2 is 1.75 bits per heavy atom. The molecule has 2 heterocycles. The largest absolute Gasteiger partial charge is 0.368 e. The predicted octanol–water partition coefficient (Wildman–Crippen LogP) is 4.71. The van der Waals surface area contributed by atoms with Crippen LogP contribution in [0.2, 0.25) is 5.02 Å². The Balaban J connectivity index is 1.92. The zero-order valence-electron chi connectivity index (χ0n) is 15.9. The van der Waals surface area contributed by atoms with Crippen LogP contribution in [-0.4, -0.2) is 46.6 Å². The van der Waals surface area contributed by atoms with Gasteiger partial charge in [-0.25, -0.2) is 9.97 Å². The second-order valence-electron chi connectivity index (χ2n) is 6.88. The predicted molar refractivity (Wildman–Crippen MR) is 116 cm³/mol. The zero-order chi connectivity index (χ0) is 19.5. The van der Waals surface area contributed by atoms with Crippen LogP contribution in [-0.2, 0) is 0 Å². The molecule has 28 heavy (non-hydrogen) atoms. The number of aromatic nitrogens is 3. The highest BCUT2D eigenvalue weighted by molar-refractivity contribution is 6.32. The summed E-state index contributed by atoms with van der Waals surface area (Å²) in [5.41, 5.74) is 3.91. The minimum absolute atomic E-state index is 0.680. The Labute approximate surface area is 169 Å². The Kier molecular flexibility index (Phi) is 5.28. The van der Waals surface area contributed by atoms with Crippen molar-refractivity contribution in [3.8, 4) is 16.8 Å². The van der Waals surface area contributed by atoms with E-state index in [4.69, 9.17) is 11.6 Å². The third-order valence-electron chi connectivity index (χ3n) is 4.63. The van der Waals surface area contributed by atoms with Crippen molar-refractivity contribution in [2.24, 2.45) is 0 Å². The molecule has 1 N–H and O–H groups in total. The topological polar surface area (TPSA) is 46.0 Å². The number of likely N-dealkylation sites (N-methyl/N-ethyl adjacent to an activating group) is 1. The Bertz CT molecular complexity index is 1090. The number of rotatable bonds is 6. The second-order valence-corrected chi connectivity index (χ2v) is 7.29. The van der Waals surface area contributed by atoms with Crippen LogP contribution in [0.15, 0.2) is 67.1 Å². The van der Waals surface area contributed by atoms with Crippen molar-refractivity contribution in [1.29, 1.82) is 0 Å². The lowest BCUT2D eigenvalue weighted by Gasteiger charge is -2.12. The molecule has 0 saturated carbocycles. The van der Waals surface area contributed by atoms with E-state index in [-0.39, 0.29) is 0 Å². The molecule has 2 aromatic carbocycles. The summed E-state index contributed by atoms with van der Waals surface area (Å²) in [5.74, 6) is 0.830. The van der Waals surface area contributed by atoms with Gasteiger partial charge in [0.15, 0.2) is 5.65 Å². The summed E-state index contributed by atoms with van der Waals surface area (Å²) in [6.07, 6.45) is 3.69. The molecule has 0 atom stereocenters. The lowest BCUT2D eigenvalue weighted by atomic mass is 10.1. The molecule has 2 aromatic heterocycles. The minimum atomic E-state index is 0.680. The summed E-state index contributed by atoms with van der Waals surface area (Å²) in [4.78, 5) is 11.3. The average molecular weight is 392 g/mol. The Morgan fingerprint density at radius 1 is 1.00 bits per heavy atom. The third kappa shape index (κ3) is 3.59. The van der Waals surface area contributed by atoms with Crippen molar-refractivity contribution < 1.29 is 0 Å². The molecule has 0 aliphatic carbocycles. The molecule has 0 aliphatic rings. The second kappa shape index (κ2) is 8.00. The standard InChI is InChI=1S/C22H22ClN5/c1-27(2)13-12-24-21-20-17(16-8-4-3-5-9-16)14-28(22(20)26-15-25-21)19-11-7-6-10-18(19)23/h3-11,14-15H,12-13H2,1-2H3,(H,24,25,26). The fraction of sp³-hybridized carbons (Fsp3) is 0.182. The van der Waals surface area contributed by atoms with Crippen LogP contribution in [0.1, 0.15) is 0 Å². The molecule has 0 unspecified atom stereocenters. The van der Waals surface area contributed by atoms with Gasteiger partial charge in [-0.15, -0.1) is 0 Å². The van der Waals surface area contributed by atoms with E-state index in [0.717, 1.165) is 46.8 Å². The summed E-state index contributed by atoms with van der Waals surface area (Å²) in [7, 11) is 4.11. The van der Waals surface area contributed by atoms with Crippen LogP contribution in [0.3, 0.4) is 0 Å². The molecule has 0 aliphatic heterocycles. The van der Waals surface area contributed by atoms with Gasteiger partial charge < -0.3 is 10.2 Å². The van der Waals surface area contributed by atoms with Crippen LogP contribution in [0.5, 0.6) is 0 Å². The van der Waals surface area contributed by atoms with E-state index in [1.807, 2.05) is 47.0 Å². The first kappa shape index (κ1) is 18.5. The highest BCUT2D eigenvalue weighted by atomic mass is 35.5. The van der Waals surface area contributed by atoms with Crippen molar-refractivity contribution >= 4 is 28.5 Å². The fourth-order valence-electron chi connectivity index (χ4n) is 3.26. The number of nitrogens with one attached hydrogen (secondary N) is 1. The maximum absolute atomic E-state index is 6.49. The first-order valence-electron chi connectivity index (χ1n) is 9.20. The van der Waals surface area contributed by atoms with Crippen LogP contribution in [0.4, 0.5) is 5.82 Å². The third-order valence-corrected chi connectivity index (χ3v) is 4.95. The molecule has 0 spiro atoms. The van der Waals surface area contributed by atoms with Gasteiger partial charge in [0.2, 0.25) is 0 Å². The van der Waals surface area contributed by atoms with Crippen molar-refractivity contribution in [3.05, 3.63) is 72.1 Å². The molecule has 4 aromatic rings. The maximum atomic E-state index is 6.49. The number of hydrogen-bond acceptors (Lipinski definition) is 4. The highest BCUT2D eigenvalue weighted by Crippen LogP contribution is 2.36. The van der Waals surface area contributed by atoms with Crippen molar-refractivity contribution in [3.63, 3.8) is 0 Å². The van der Waals surface area contributed by atoms with Gasteiger partial charge in [0.05, 0.1) is 16.1 Å². The summed E-state index contributed by atoms with van der Waals surface area (Å²) < 4.78 is 2.04. The van der Waals surface area contributed by atoms with E-state index in [0.29, 0.717) is 5.02 Å². The number of fused-ring (bicyclic) bond motifs is 1. The van der Waals surface area contributed by atoms with Gasteiger partial charge in [-0.2, -0.15) is 0 Å². The number of hydrogen-bond donors (Lipinski definition) is 1. The van der Waals surface area contributed by atoms with Crippen molar-refractivity contribution in [2.45, 2.75) is 0 Å². The quantitative estimate of drug-likeness (QED) is 0.516. The van der Waals surface area contributed by atoms with Crippen LogP contribution in [0.25, 0.3) is 27.8 Å². The molecule has 0 amide bonds. The fourth-order valence-corrected chi connectivity index (χ4v) is 3.49. The van der Waals surface area contributed by atoms with E-state index in [2.05, 4.69) is 52.6 Å². The zero-order valence-corrected chi connectivity index (χ0v) is 16.7. The van der Waals surface area contributed by atoms with E-state index in [1.54, 1.807) is 6.33 Å². The summed E-state index contributed by atoms with van der Waals surface area (Å²) in [5, 5.41) is 5.14. The maximum Gasteiger partial charge on any atom is 0.150 e. The van der Waals surface area contributed by atoms with Gasteiger partial charge in [0, 0.05) is 24.8 Å². The van der Waals surface area contributed by atoms with E-state index < -0.39 is 0 Å². The number of para-hydroxylation sites is 1.